The largest absolute Gasteiger partial charge is 0.351 e. The quantitative estimate of drug-likeness (QED) is 0.551. The van der Waals surface area contributed by atoms with Gasteiger partial charge in [-0.2, -0.15) is 0 Å². The minimum atomic E-state index is -0.177. The highest BCUT2D eigenvalue weighted by atomic mass is 16.2. The molecule has 2 aromatic heterocycles. The van der Waals surface area contributed by atoms with E-state index in [4.69, 9.17) is 4.98 Å². The second kappa shape index (κ2) is 10.4. The van der Waals surface area contributed by atoms with Crippen LogP contribution < -0.4 is 5.32 Å². The van der Waals surface area contributed by atoms with Crippen molar-refractivity contribution in [3.8, 4) is 0 Å². The third kappa shape index (κ3) is 5.15. The lowest BCUT2D eigenvalue weighted by Gasteiger charge is -2.31. The lowest BCUT2D eigenvalue weighted by Crippen LogP contribution is -2.40. The Morgan fingerprint density at radius 3 is 2.66 bits per heavy atom. The lowest BCUT2D eigenvalue weighted by atomic mass is 9.94. The van der Waals surface area contributed by atoms with Crippen LogP contribution >= 0.6 is 0 Å². The van der Waals surface area contributed by atoms with Crippen LogP contribution in [0.15, 0.2) is 48.7 Å². The van der Waals surface area contributed by atoms with Gasteiger partial charge in [0.1, 0.15) is 18.1 Å². The summed E-state index contributed by atoms with van der Waals surface area (Å²) in [7, 11) is 1.93. The molecule has 0 spiro atoms. The van der Waals surface area contributed by atoms with Crippen LogP contribution in [0.4, 0.5) is 0 Å². The highest BCUT2D eigenvalue weighted by molar-refractivity contribution is 5.92. The molecule has 0 aliphatic heterocycles. The third-order valence-electron chi connectivity index (χ3n) is 6.30. The zero-order valence-corrected chi connectivity index (χ0v) is 18.7. The summed E-state index contributed by atoms with van der Waals surface area (Å²) >= 11 is 0. The number of carbonyl (C=O) groups is 2. The van der Waals surface area contributed by atoms with E-state index in [0.717, 1.165) is 36.1 Å². The van der Waals surface area contributed by atoms with E-state index in [1.165, 1.54) is 19.3 Å². The second-order valence-corrected chi connectivity index (χ2v) is 8.47. The van der Waals surface area contributed by atoms with Gasteiger partial charge in [-0.25, -0.2) is 4.98 Å². The molecule has 7 heteroatoms. The van der Waals surface area contributed by atoms with Crippen LogP contribution in [0.25, 0.3) is 11.0 Å². The summed E-state index contributed by atoms with van der Waals surface area (Å²) in [5.41, 5.74) is 2.29. The van der Waals surface area contributed by atoms with Crippen LogP contribution in [-0.2, 0) is 17.8 Å². The van der Waals surface area contributed by atoms with Crippen molar-refractivity contribution in [1.82, 2.24) is 24.8 Å². The smallest absolute Gasteiger partial charge is 0.269 e. The number of rotatable bonds is 8. The minimum Gasteiger partial charge on any atom is -0.351 e. The number of hydrogen-bond donors (Lipinski definition) is 1. The van der Waals surface area contributed by atoms with E-state index in [1.807, 2.05) is 40.8 Å². The standard InChI is InChI=1S/C25H31N5O2/c1-29(19-10-3-2-4-11-19)24(31)18-30-22-14-6-5-12-20(22)28-23(30)15-9-17-27-25(32)21-13-7-8-16-26-21/h5-8,12-14,16,19H,2-4,9-11,15,17-18H2,1H3,(H,27,32). The van der Waals surface area contributed by atoms with Gasteiger partial charge in [0.05, 0.1) is 11.0 Å². The van der Waals surface area contributed by atoms with Crippen LogP contribution in [0.2, 0.25) is 0 Å². The number of carbonyl (C=O) groups excluding carboxylic acids is 2. The fourth-order valence-electron chi connectivity index (χ4n) is 4.45. The Morgan fingerprint density at radius 2 is 1.88 bits per heavy atom. The molecule has 0 atom stereocenters. The average Bonchev–Trinajstić information content (AvgIpc) is 3.19. The third-order valence-corrected chi connectivity index (χ3v) is 6.30. The number of amides is 2. The van der Waals surface area contributed by atoms with Crippen LogP contribution in [0.5, 0.6) is 0 Å². The highest BCUT2D eigenvalue weighted by Crippen LogP contribution is 2.23. The van der Waals surface area contributed by atoms with Gasteiger partial charge in [0.2, 0.25) is 5.91 Å². The number of aromatic nitrogens is 3. The fourth-order valence-corrected chi connectivity index (χ4v) is 4.45. The SMILES string of the molecule is CN(C(=O)Cn1c(CCCNC(=O)c2ccccn2)nc2ccccc21)C1CCCCC1. The Morgan fingerprint density at radius 1 is 1.09 bits per heavy atom. The normalized spacial score (nSPS) is 14.4. The van der Waals surface area contributed by atoms with E-state index >= 15 is 0 Å². The molecule has 1 saturated carbocycles. The van der Waals surface area contributed by atoms with Gasteiger partial charge in [0, 0.05) is 32.3 Å². The topological polar surface area (TPSA) is 80.1 Å². The molecule has 7 nitrogen and oxygen atoms in total. The van der Waals surface area contributed by atoms with E-state index in [0.29, 0.717) is 31.2 Å². The van der Waals surface area contributed by atoms with Crippen LogP contribution in [-0.4, -0.2) is 50.9 Å². The predicted molar refractivity (Wildman–Crippen MR) is 124 cm³/mol. The highest BCUT2D eigenvalue weighted by Gasteiger charge is 2.23. The molecule has 4 rings (SSSR count). The van der Waals surface area contributed by atoms with Crippen molar-refractivity contribution in [2.45, 2.75) is 57.5 Å². The Labute approximate surface area is 188 Å². The van der Waals surface area contributed by atoms with Gasteiger partial charge in [-0.05, 0) is 43.5 Å². The number of likely N-dealkylation sites (N-methyl/N-ethyl adjacent to an activating group) is 1. The van der Waals surface area contributed by atoms with E-state index < -0.39 is 0 Å². The Bertz CT molecular complexity index is 1060. The van der Waals surface area contributed by atoms with Crippen molar-refractivity contribution in [3.05, 3.63) is 60.2 Å². The number of fused-ring (bicyclic) bond motifs is 1. The van der Waals surface area contributed by atoms with Crippen molar-refractivity contribution in [2.24, 2.45) is 0 Å². The Kier molecular flexibility index (Phi) is 7.14. The molecule has 1 aromatic carbocycles. The Balaban J connectivity index is 1.41. The van der Waals surface area contributed by atoms with Gasteiger partial charge in [-0.3, -0.25) is 14.6 Å². The monoisotopic (exact) mass is 433 g/mol. The van der Waals surface area contributed by atoms with Crippen molar-refractivity contribution >= 4 is 22.8 Å². The molecule has 3 aromatic rings. The summed E-state index contributed by atoms with van der Waals surface area (Å²) in [6.45, 7) is 0.817. The number of aryl methyl sites for hydroxylation is 1. The number of para-hydroxylation sites is 2. The van der Waals surface area contributed by atoms with Crippen molar-refractivity contribution in [2.75, 3.05) is 13.6 Å². The number of hydrogen-bond acceptors (Lipinski definition) is 4. The summed E-state index contributed by atoms with van der Waals surface area (Å²) in [6.07, 6.45) is 8.87. The molecule has 0 saturated heterocycles. The molecule has 2 heterocycles. The summed E-state index contributed by atoms with van der Waals surface area (Å²) in [6, 6.07) is 13.6. The molecule has 2 amide bonds. The summed E-state index contributed by atoms with van der Waals surface area (Å²) in [5.74, 6) is 0.830. The van der Waals surface area contributed by atoms with Gasteiger partial charge in [-0.1, -0.05) is 37.5 Å². The molecule has 0 radical (unpaired) electrons. The maximum absolute atomic E-state index is 13.1. The lowest BCUT2D eigenvalue weighted by molar-refractivity contribution is -0.133. The van der Waals surface area contributed by atoms with Gasteiger partial charge >= 0.3 is 0 Å². The first kappa shape index (κ1) is 22.0. The van der Waals surface area contributed by atoms with Gasteiger partial charge in [0.25, 0.3) is 5.91 Å². The molecule has 1 aliphatic carbocycles. The van der Waals surface area contributed by atoms with E-state index in [1.54, 1.807) is 24.4 Å². The maximum Gasteiger partial charge on any atom is 0.269 e. The first-order chi connectivity index (χ1) is 15.6. The van der Waals surface area contributed by atoms with Crippen molar-refractivity contribution < 1.29 is 9.59 Å². The van der Waals surface area contributed by atoms with Crippen molar-refractivity contribution in [3.63, 3.8) is 0 Å². The fraction of sp³-hybridized carbons (Fsp3) is 0.440. The first-order valence-electron chi connectivity index (χ1n) is 11.5. The van der Waals surface area contributed by atoms with Crippen LogP contribution in [0.1, 0.15) is 54.8 Å². The molecule has 1 N–H and O–H groups in total. The molecule has 0 bridgehead atoms. The summed E-state index contributed by atoms with van der Waals surface area (Å²) in [5, 5.41) is 2.91. The first-order valence-corrected chi connectivity index (χ1v) is 11.5. The molecule has 1 aliphatic rings. The van der Waals surface area contributed by atoms with E-state index in [2.05, 4.69) is 10.3 Å². The van der Waals surface area contributed by atoms with E-state index in [-0.39, 0.29) is 11.8 Å². The van der Waals surface area contributed by atoms with Crippen LogP contribution in [0, 0.1) is 0 Å². The van der Waals surface area contributed by atoms with Crippen LogP contribution in [0.3, 0.4) is 0 Å². The summed E-state index contributed by atoms with van der Waals surface area (Å²) < 4.78 is 2.04. The van der Waals surface area contributed by atoms with Gasteiger partial charge < -0.3 is 14.8 Å². The van der Waals surface area contributed by atoms with E-state index in [9.17, 15) is 9.59 Å². The molecule has 0 unspecified atom stereocenters. The Hall–Kier alpha value is -3.22. The molecule has 1 fully saturated rings. The maximum atomic E-state index is 13.1. The number of nitrogens with zero attached hydrogens (tertiary/aromatic N) is 4. The molecular formula is C25H31N5O2. The van der Waals surface area contributed by atoms with Gasteiger partial charge in [0.15, 0.2) is 0 Å². The number of nitrogens with one attached hydrogen (secondary N) is 1. The molecule has 32 heavy (non-hydrogen) atoms. The minimum absolute atomic E-state index is 0.129. The molecular weight excluding hydrogens is 402 g/mol. The second-order valence-electron chi connectivity index (χ2n) is 8.47. The number of imidazole rings is 1. The molecule has 168 valence electrons. The summed E-state index contributed by atoms with van der Waals surface area (Å²) in [4.78, 5) is 36.1. The zero-order chi connectivity index (χ0) is 22.3. The number of pyridine rings is 1. The van der Waals surface area contributed by atoms with Gasteiger partial charge in [-0.15, -0.1) is 0 Å². The zero-order valence-electron chi connectivity index (χ0n) is 18.7. The average molecular weight is 434 g/mol. The van der Waals surface area contributed by atoms with Crippen molar-refractivity contribution in [1.29, 1.82) is 0 Å². The number of benzene rings is 1. The predicted octanol–water partition coefficient (Wildman–Crippen LogP) is 3.59.